The first-order chi connectivity index (χ1) is 11.5. The van der Waals surface area contributed by atoms with E-state index in [0.717, 1.165) is 16.9 Å². The molecule has 0 aliphatic carbocycles. The number of hydrogen-bond donors (Lipinski definition) is 1. The smallest absolute Gasteiger partial charge is 0.266 e. The van der Waals surface area contributed by atoms with Crippen LogP contribution in [0.3, 0.4) is 0 Å². The second-order valence-corrected chi connectivity index (χ2v) is 5.43. The van der Waals surface area contributed by atoms with Crippen molar-refractivity contribution in [2.45, 2.75) is 20.8 Å². The molecular weight excluding hydrogens is 300 g/mol. The van der Waals surface area contributed by atoms with Crippen LogP contribution in [0.2, 0.25) is 0 Å². The van der Waals surface area contributed by atoms with Gasteiger partial charge in [-0.25, -0.2) is 0 Å². The van der Waals surface area contributed by atoms with Gasteiger partial charge in [0, 0.05) is 5.69 Å². The molecule has 0 aromatic heterocycles. The van der Waals surface area contributed by atoms with Gasteiger partial charge in [-0.1, -0.05) is 18.2 Å². The summed E-state index contributed by atoms with van der Waals surface area (Å²) < 4.78 is 5.36. The molecule has 24 heavy (non-hydrogen) atoms. The number of hydrogen-bond acceptors (Lipinski definition) is 3. The molecule has 0 radical (unpaired) electrons. The van der Waals surface area contributed by atoms with Crippen LogP contribution in [-0.4, -0.2) is 12.5 Å². The van der Waals surface area contributed by atoms with Crippen molar-refractivity contribution in [3.63, 3.8) is 0 Å². The number of rotatable bonds is 5. The Labute approximate surface area is 142 Å². The van der Waals surface area contributed by atoms with Crippen molar-refractivity contribution in [1.29, 1.82) is 5.26 Å². The van der Waals surface area contributed by atoms with Crippen molar-refractivity contribution in [1.82, 2.24) is 0 Å². The van der Waals surface area contributed by atoms with Gasteiger partial charge in [0.25, 0.3) is 5.91 Å². The number of nitrogens with one attached hydrogen (secondary N) is 1. The zero-order chi connectivity index (χ0) is 17.5. The molecule has 4 heteroatoms. The summed E-state index contributed by atoms with van der Waals surface area (Å²) in [5, 5.41) is 12.0. The first-order valence-electron chi connectivity index (χ1n) is 7.76. The minimum absolute atomic E-state index is 0.0622. The summed E-state index contributed by atoms with van der Waals surface area (Å²) in [6.07, 6.45) is 1.59. The van der Waals surface area contributed by atoms with Crippen LogP contribution in [0, 0.1) is 25.2 Å². The van der Waals surface area contributed by atoms with Crippen LogP contribution in [-0.2, 0) is 4.79 Å². The van der Waals surface area contributed by atoms with Crippen LogP contribution in [0.1, 0.15) is 23.6 Å². The highest BCUT2D eigenvalue weighted by Crippen LogP contribution is 2.17. The predicted molar refractivity (Wildman–Crippen MR) is 95.7 cm³/mol. The lowest BCUT2D eigenvalue weighted by Gasteiger charge is -2.07. The molecule has 2 aromatic carbocycles. The fourth-order valence-corrected chi connectivity index (χ4v) is 2.17. The number of anilines is 1. The fourth-order valence-electron chi connectivity index (χ4n) is 2.17. The van der Waals surface area contributed by atoms with Gasteiger partial charge in [0.15, 0.2) is 0 Å². The van der Waals surface area contributed by atoms with E-state index in [0.29, 0.717) is 12.3 Å². The lowest BCUT2D eigenvalue weighted by Crippen LogP contribution is -2.13. The van der Waals surface area contributed by atoms with E-state index in [1.54, 1.807) is 30.3 Å². The molecule has 0 aliphatic rings. The maximum absolute atomic E-state index is 12.3. The van der Waals surface area contributed by atoms with Crippen LogP contribution in [0.4, 0.5) is 5.69 Å². The third kappa shape index (κ3) is 4.47. The van der Waals surface area contributed by atoms with Crippen LogP contribution >= 0.6 is 0 Å². The molecule has 0 saturated heterocycles. The van der Waals surface area contributed by atoms with E-state index in [9.17, 15) is 10.1 Å². The molecule has 2 aromatic rings. The maximum atomic E-state index is 12.3. The standard InChI is InChI=1S/C20H20N2O2/c1-4-24-19-9-7-18(8-10-19)22-20(23)17(13-21)12-16-6-5-14(2)15(3)11-16/h5-12H,4H2,1-3H3,(H,22,23)/b17-12+. The molecule has 1 amide bonds. The molecule has 1 N–H and O–H groups in total. The van der Waals surface area contributed by atoms with E-state index < -0.39 is 5.91 Å². The van der Waals surface area contributed by atoms with Crippen LogP contribution in [0.5, 0.6) is 5.75 Å². The van der Waals surface area contributed by atoms with E-state index in [4.69, 9.17) is 4.74 Å². The van der Waals surface area contributed by atoms with Gasteiger partial charge in [0.05, 0.1) is 6.61 Å². The Hall–Kier alpha value is -3.06. The summed E-state index contributed by atoms with van der Waals surface area (Å²) in [4.78, 5) is 12.3. The summed E-state index contributed by atoms with van der Waals surface area (Å²) in [6, 6.07) is 14.8. The SMILES string of the molecule is CCOc1ccc(NC(=O)/C(C#N)=C/c2ccc(C)c(C)c2)cc1. The third-order valence-electron chi connectivity index (χ3n) is 3.63. The molecule has 2 rings (SSSR count). The Morgan fingerprint density at radius 1 is 1.17 bits per heavy atom. The molecule has 0 fully saturated rings. The van der Waals surface area contributed by atoms with E-state index in [2.05, 4.69) is 5.32 Å². The monoisotopic (exact) mass is 320 g/mol. The predicted octanol–water partition coefficient (Wildman–Crippen LogP) is 4.25. The zero-order valence-corrected chi connectivity index (χ0v) is 14.1. The number of carbonyl (C=O) groups excluding carboxylic acids is 1. The molecule has 0 heterocycles. The Bertz CT molecular complexity index is 799. The summed E-state index contributed by atoms with van der Waals surface area (Å²) in [6.45, 7) is 6.51. The van der Waals surface area contributed by atoms with Crippen molar-refractivity contribution in [3.8, 4) is 11.8 Å². The summed E-state index contributed by atoms with van der Waals surface area (Å²) >= 11 is 0. The number of ether oxygens (including phenoxy) is 1. The molecular formula is C20H20N2O2. The molecule has 4 nitrogen and oxygen atoms in total. The van der Waals surface area contributed by atoms with E-state index in [1.165, 1.54) is 5.56 Å². The molecule has 0 saturated carbocycles. The fraction of sp³-hybridized carbons (Fsp3) is 0.200. The highest BCUT2D eigenvalue weighted by Gasteiger charge is 2.10. The normalized spacial score (nSPS) is 10.8. The van der Waals surface area contributed by atoms with Crippen molar-refractivity contribution >= 4 is 17.7 Å². The van der Waals surface area contributed by atoms with Gasteiger partial charge in [-0.2, -0.15) is 5.26 Å². The highest BCUT2D eigenvalue weighted by molar-refractivity contribution is 6.09. The first kappa shape index (κ1) is 17.3. The molecule has 0 aliphatic heterocycles. The molecule has 0 unspecified atom stereocenters. The Morgan fingerprint density at radius 3 is 2.46 bits per heavy atom. The van der Waals surface area contributed by atoms with Gasteiger partial charge >= 0.3 is 0 Å². The Morgan fingerprint density at radius 2 is 1.88 bits per heavy atom. The van der Waals surface area contributed by atoms with Crippen molar-refractivity contribution in [2.75, 3.05) is 11.9 Å². The molecule has 122 valence electrons. The summed E-state index contributed by atoms with van der Waals surface area (Å²) in [5.74, 6) is 0.307. The topological polar surface area (TPSA) is 62.1 Å². The summed E-state index contributed by atoms with van der Waals surface area (Å²) in [7, 11) is 0. The number of nitrogens with zero attached hydrogens (tertiary/aromatic N) is 1. The van der Waals surface area contributed by atoms with Crippen molar-refractivity contribution in [2.24, 2.45) is 0 Å². The quantitative estimate of drug-likeness (QED) is 0.662. The second-order valence-electron chi connectivity index (χ2n) is 5.43. The van der Waals surface area contributed by atoms with Crippen molar-refractivity contribution < 1.29 is 9.53 Å². The average Bonchev–Trinajstić information content (AvgIpc) is 2.57. The summed E-state index contributed by atoms with van der Waals surface area (Å²) in [5.41, 5.74) is 3.80. The second kappa shape index (κ2) is 7.98. The number of benzene rings is 2. The van der Waals surface area contributed by atoms with Crippen molar-refractivity contribution in [3.05, 3.63) is 64.7 Å². The van der Waals surface area contributed by atoms with Gasteiger partial charge < -0.3 is 10.1 Å². The highest BCUT2D eigenvalue weighted by atomic mass is 16.5. The van der Waals surface area contributed by atoms with Gasteiger partial charge in [-0.05, 0) is 67.8 Å². The zero-order valence-electron chi connectivity index (χ0n) is 14.1. The average molecular weight is 320 g/mol. The van der Waals surface area contributed by atoms with Gasteiger partial charge in [-0.3, -0.25) is 4.79 Å². The molecule has 0 atom stereocenters. The Kier molecular flexibility index (Phi) is 5.75. The van der Waals surface area contributed by atoms with Gasteiger partial charge in [-0.15, -0.1) is 0 Å². The minimum Gasteiger partial charge on any atom is -0.494 e. The van der Waals surface area contributed by atoms with E-state index in [1.807, 2.05) is 45.0 Å². The lowest BCUT2D eigenvalue weighted by atomic mass is 10.0. The molecule has 0 spiro atoms. The van der Waals surface area contributed by atoms with Crippen LogP contribution in [0.25, 0.3) is 6.08 Å². The first-order valence-corrected chi connectivity index (χ1v) is 7.76. The lowest BCUT2D eigenvalue weighted by molar-refractivity contribution is -0.112. The number of amides is 1. The number of nitriles is 1. The van der Waals surface area contributed by atoms with E-state index >= 15 is 0 Å². The van der Waals surface area contributed by atoms with Crippen LogP contribution in [0.15, 0.2) is 48.0 Å². The van der Waals surface area contributed by atoms with Gasteiger partial charge in [0.1, 0.15) is 17.4 Å². The van der Waals surface area contributed by atoms with Crippen LogP contribution < -0.4 is 10.1 Å². The molecule has 0 bridgehead atoms. The largest absolute Gasteiger partial charge is 0.494 e. The van der Waals surface area contributed by atoms with E-state index in [-0.39, 0.29) is 5.57 Å². The minimum atomic E-state index is -0.431. The number of aryl methyl sites for hydroxylation is 2. The maximum Gasteiger partial charge on any atom is 0.266 e. The van der Waals surface area contributed by atoms with Gasteiger partial charge in [0.2, 0.25) is 0 Å². The number of carbonyl (C=O) groups is 1. The Balaban J connectivity index is 2.15. The third-order valence-corrected chi connectivity index (χ3v) is 3.63.